The van der Waals surface area contributed by atoms with E-state index < -0.39 is 10.2 Å². The summed E-state index contributed by atoms with van der Waals surface area (Å²) in [6.45, 7) is 8.77. The molecule has 0 aromatic carbocycles. The highest BCUT2D eigenvalue weighted by molar-refractivity contribution is 8.32. The van der Waals surface area contributed by atoms with Gasteiger partial charge in [0, 0.05) is 16.3 Å². The number of hydrogen-bond donors (Lipinski definition) is 0. The normalized spacial score (nSPS) is 14.2. The van der Waals surface area contributed by atoms with E-state index >= 15 is 0 Å². The zero-order chi connectivity index (χ0) is 13.7. The minimum atomic E-state index is -1.03. The molecule has 18 heavy (non-hydrogen) atoms. The molecule has 0 aliphatic heterocycles. The minimum Gasteiger partial charge on any atom is -0.294 e. The number of aryl methyl sites for hydroxylation is 1. The molecule has 0 aliphatic carbocycles. The Kier molecular flexibility index (Phi) is 3.14. The first-order valence-electron chi connectivity index (χ1n) is 5.89. The molecule has 0 aliphatic rings. The molecule has 3 nitrogen and oxygen atoms in total. The van der Waals surface area contributed by atoms with Crippen LogP contribution in [0.25, 0.3) is 11.0 Å². The monoisotopic (exact) mass is 285 g/mol. The Labute approximate surface area is 115 Å². The highest BCUT2D eigenvalue weighted by Crippen LogP contribution is 2.55. The molecule has 2 rings (SSSR count). The first kappa shape index (κ1) is 13.7. The molecule has 0 radical (unpaired) electrons. The summed E-state index contributed by atoms with van der Waals surface area (Å²) in [5.41, 5.74) is 1.88. The number of nitrogens with zero attached hydrogens (tertiary/aromatic N) is 3. The molecule has 0 spiro atoms. The highest BCUT2D eigenvalue weighted by atomic mass is 35.5. The van der Waals surface area contributed by atoms with E-state index in [1.54, 1.807) is 0 Å². The Bertz CT molecular complexity index is 596. The van der Waals surface area contributed by atoms with Crippen LogP contribution in [0.4, 0.5) is 0 Å². The molecule has 0 N–H and O–H groups in total. The number of fused-ring (bicyclic) bond motifs is 1. The van der Waals surface area contributed by atoms with Crippen molar-refractivity contribution in [2.75, 3.05) is 12.5 Å². The Balaban J connectivity index is 2.74. The van der Waals surface area contributed by atoms with Crippen molar-refractivity contribution in [3.05, 3.63) is 23.2 Å². The molecule has 0 saturated heterocycles. The first-order chi connectivity index (χ1) is 8.14. The maximum absolute atomic E-state index is 5.99. The number of aromatic nitrogens is 3. The van der Waals surface area contributed by atoms with E-state index in [0.29, 0.717) is 5.28 Å². The van der Waals surface area contributed by atoms with Crippen molar-refractivity contribution in [2.24, 2.45) is 0 Å². The predicted octanol–water partition coefficient (Wildman–Crippen LogP) is 4.02. The van der Waals surface area contributed by atoms with Crippen molar-refractivity contribution < 1.29 is 0 Å². The van der Waals surface area contributed by atoms with Gasteiger partial charge in [-0.3, -0.25) is 3.97 Å². The first-order valence-corrected chi connectivity index (χ1v) is 8.67. The van der Waals surface area contributed by atoms with Gasteiger partial charge in [0.2, 0.25) is 5.28 Å². The van der Waals surface area contributed by atoms with Crippen molar-refractivity contribution in [1.29, 1.82) is 0 Å². The number of halogens is 1. The molecule has 2 aromatic heterocycles. The van der Waals surface area contributed by atoms with E-state index in [0.717, 1.165) is 16.7 Å². The lowest BCUT2D eigenvalue weighted by Gasteiger charge is -2.45. The predicted molar refractivity (Wildman–Crippen MR) is 81.9 cm³/mol. The maximum Gasteiger partial charge on any atom is 0.224 e. The fourth-order valence-corrected chi connectivity index (χ4v) is 3.51. The lowest BCUT2D eigenvalue weighted by Crippen LogP contribution is -2.28. The average molecular weight is 286 g/mol. The standard InChI is InChI=1S/C13H20ClN3S/c1-9-10-7-8-17(11(10)16-12(14)15-9)18(5,6)13(2,3)4/h7-8H,1-6H3. The summed E-state index contributed by atoms with van der Waals surface area (Å²) in [5, 5.41) is 1.41. The third-order valence-corrected chi connectivity index (χ3v) is 8.11. The van der Waals surface area contributed by atoms with Crippen LogP contribution in [0.2, 0.25) is 5.28 Å². The summed E-state index contributed by atoms with van der Waals surface area (Å²) in [4.78, 5) is 8.62. The van der Waals surface area contributed by atoms with Gasteiger partial charge >= 0.3 is 0 Å². The fraction of sp³-hybridized carbons (Fsp3) is 0.538. The van der Waals surface area contributed by atoms with Crippen molar-refractivity contribution in [2.45, 2.75) is 32.4 Å². The van der Waals surface area contributed by atoms with Crippen LogP contribution < -0.4 is 0 Å². The van der Waals surface area contributed by atoms with E-state index in [1.807, 2.05) is 6.92 Å². The Hall–Kier alpha value is -0.740. The van der Waals surface area contributed by atoms with Gasteiger partial charge in [0.05, 0.1) is 5.69 Å². The van der Waals surface area contributed by atoms with Crippen LogP contribution in [-0.4, -0.2) is 31.2 Å². The minimum absolute atomic E-state index is 0.199. The second-order valence-corrected chi connectivity index (χ2v) is 10.3. The highest BCUT2D eigenvalue weighted by Gasteiger charge is 2.31. The SMILES string of the molecule is Cc1nc(Cl)nc2c1ccn2S(C)(C)C(C)(C)C. The molecule has 0 unspecified atom stereocenters. The summed E-state index contributed by atoms with van der Waals surface area (Å²) in [5.74, 6) is 0. The molecule has 0 atom stereocenters. The lowest BCUT2D eigenvalue weighted by atomic mass is 10.3. The molecule has 2 heterocycles. The van der Waals surface area contributed by atoms with E-state index in [-0.39, 0.29) is 4.75 Å². The van der Waals surface area contributed by atoms with E-state index in [9.17, 15) is 0 Å². The molecule has 0 fully saturated rings. The van der Waals surface area contributed by atoms with Gasteiger partial charge in [-0.15, -0.1) is 0 Å². The summed E-state index contributed by atoms with van der Waals surface area (Å²) in [7, 11) is -1.03. The van der Waals surface area contributed by atoms with Crippen LogP contribution in [0.15, 0.2) is 12.3 Å². The second kappa shape index (κ2) is 4.14. The maximum atomic E-state index is 5.99. The van der Waals surface area contributed by atoms with Crippen LogP contribution in [-0.2, 0) is 0 Å². The van der Waals surface area contributed by atoms with Crippen LogP contribution >= 0.6 is 21.8 Å². The van der Waals surface area contributed by atoms with Gasteiger partial charge in [0.15, 0.2) is 5.65 Å². The van der Waals surface area contributed by atoms with Crippen LogP contribution in [0, 0.1) is 6.92 Å². The van der Waals surface area contributed by atoms with E-state index in [4.69, 9.17) is 11.6 Å². The molecule has 0 bridgehead atoms. The summed E-state index contributed by atoms with van der Waals surface area (Å²) < 4.78 is 2.48. The third kappa shape index (κ3) is 2.01. The van der Waals surface area contributed by atoms with Crippen LogP contribution in [0.1, 0.15) is 26.5 Å². The van der Waals surface area contributed by atoms with Crippen molar-refractivity contribution in [3.8, 4) is 0 Å². The Morgan fingerprint density at radius 2 is 1.83 bits per heavy atom. The average Bonchev–Trinajstić information content (AvgIpc) is 2.59. The molecule has 0 saturated carbocycles. The smallest absolute Gasteiger partial charge is 0.224 e. The quantitative estimate of drug-likeness (QED) is 0.741. The summed E-state index contributed by atoms with van der Waals surface area (Å²) in [6, 6.07) is 2.08. The number of rotatable bonds is 1. The van der Waals surface area contributed by atoms with Gasteiger partial charge in [-0.25, -0.2) is 4.98 Å². The van der Waals surface area contributed by atoms with Gasteiger partial charge in [0.25, 0.3) is 0 Å². The molecular formula is C13H20ClN3S. The van der Waals surface area contributed by atoms with E-state index in [2.05, 4.69) is 59.5 Å². The Morgan fingerprint density at radius 3 is 2.39 bits per heavy atom. The van der Waals surface area contributed by atoms with Gasteiger partial charge in [0.1, 0.15) is 0 Å². The van der Waals surface area contributed by atoms with E-state index in [1.165, 1.54) is 0 Å². The van der Waals surface area contributed by atoms with Gasteiger partial charge in [-0.2, -0.15) is 15.2 Å². The molecule has 2 aromatic rings. The van der Waals surface area contributed by atoms with Crippen molar-refractivity contribution >= 4 is 32.8 Å². The largest absolute Gasteiger partial charge is 0.294 e. The molecule has 0 amide bonds. The summed E-state index contributed by atoms with van der Waals surface area (Å²) >= 11 is 5.99. The summed E-state index contributed by atoms with van der Waals surface area (Å²) in [6.07, 6.45) is 6.72. The zero-order valence-corrected chi connectivity index (χ0v) is 13.4. The Morgan fingerprint density at radius 1 is 1.22 bits per heavy atom. The van der Waals surface area contributed by atoms with Gasteiger partial charge in [-0.05, 0) is 37.1 Å². The molecule has 5 heteroatoms. The number of hydrogen-bond acceptors (Lipinski definition) is 2. The zero-order valence-electron chi connectivity index (χ0n) is 11.8. The van der Waals surface area contributed by atoms with Gasteiger partial charge in [-0.1, -0.05) is 20.8 Å². The van der Waals surface area contributed by atoms with Gasteiger partial charge < -0.3 is 0 Å². The fourth-order valence-electron chi connectivity index (χ4n) is 1.77. The molecular weight excluding hydrogens is 266 g/mol. The molecule has 100 valence electrons. The second-order valence-electron chi connectivity index (χ2n) is 5.84. The van der Waals surface area contributed by atoms with Crippen molar-refractivity contribution in [1.82, 2.24) is 13.9 Å². The van der Waals surface area contributed by atoms with Crippen molar-refractivity contribution in [3.63, 3.8) is 0 Å². The topological polar surface area (TPSA) is 30.7 Å². The van der Waals surface area contributed by atoms with Crippen LogP contribution in [0.3, 0.4) is 0 Å². The lowest BCUT2D eigenvalue weighted by molar-refractivity contribution is 0.779. The third-order valence-electron chi connectivity index (χ3n) is 3.66. The van der Waals surface area contributed by atoms with Crippen LogP contribution in [0.5, 0.6) is 0 Å².